The molecule has 1 aliphatic rings. The fraction of sp³-hybridized carbons (Fsp3) is 0.550. The quantitative estimate of drug-likeness (QED) is 0.702. The maximum Gasteiger partial charge on any atom is 0.310 e. The third-order valence-corrected chi connectivity index (χ3v) is 5.30. The van der Waals surface area contributed by atoms with Gasteiger partial charge in [0.15, 0.2) is 0 Å². The zero-order chi connectivity index (χ0) is 20.8. The first-order chi connectivity index (χ1) is 13.2. The molecule has 8 heteroatoms. The van der Waals surface area contributed by atoms with Crippen LogP contribution in [0.15, 0.2) is 18.2 Å². The van der Waals surface area contributed by atoms with Gasteiger partial charge in [0.2, 0.25) is 5.91 Å². The van der Waals surface area contributed by atoms with Gasteiger partial charge in [0.25, 0.3) is 5.91 Å². The zero-order valence-corrected chi connectivity index (χ0v) is 17.8. The Kier molecular flexibility index (Phi) is 8.13. The Morgan fingerprint density at radius 3 is 2.61 bits per heavy atom. The van der Waals surface area contributed by atoms with E-state index in [-0.39, 0.29) is 34.3 Å². The second kappa shape index (κ2) is 10.1. The van der Waals surface area contributed by atoms with E-state index in [2.05, 4.69) is 5.32 Å². The van der Waals surface area contributed by atoms with E-state index in [0.29, 0.717) is 31.1 Å². The summed E-state index contributed by atoms with van der Waals surface area (Å²) in [6, 6.07) is 3.86. The number of carbonyl (C=O) groups excluding carboxylic acids is 3. The molecular formula is C20H26Cl2N2O4. The molecule has 1 N–H and O–H groups in total. The SMILES string of the molecule is CCOC(=O)[C@@H]1CCCN(C(=O)[C@H](NC(=O)c2ccc(Cl)cc2Cl)C(C)C)C1. The molecule has 1 aliphatic heterocycles. The molecule has 0 bridgehead atoms. The molecule has 28 heavy (non-hydrogen) atoms. The molecule has 1 fully saturated rings. The Bertz CT molecular complexity index is 739. The second-order valence-electron chi connectivity index (χ2n) is 7.19. The van der Waals surface area contributed by atoms with Crippen molar-refractivity contribution < 1.29 is 19.1 Å². The number of nitrogens with one attached hydrogen (secondary N) is 1. The van der Waals surface area contributed by atoms with Crippen molar-refractivity contribution in [2.75, 3.05) is 19.7 Å². The standard InChI is InChI=1S/C20H26Cl2N2O4/c1-4-28-20(27)13-6-5-9-24(11-13)19(26)17(12(2)3)23-18(25)15-8-7-14(21)10-16(15)22/h7-8,10,12-13,17H,4-6,9,11H2,1-3H3,(H,23,25)/t13-,17-/m1/s1. The Hall–Kier alpha value is -1.79. The molecule has 1 heterocycles. The molecular weight excluding hydrogens is 403 g/mol. The monoisotopic (exact) mass is 428 g/mol. The van der Waals surface area contributed by atoms with Gasteiger partial charge in [0.05, 0.1) is 23.1 Å². The fourth-order valence-electron chi connectivity index (χ4n) is 3.23. The lowest BCUT2D eigenvalue weighted by molar-refractivity contribution is -0.151. The van der Waals surface area contributed by atoms with E-state index < -0.39 is 11.9 Å². The average molecular weight is 429 g/mol. The number of nitrogens with zero attached hydrogens (tertiary/aromatic N) is 1. The lowest BCUT2D eigenvalue weighted by Gasteiger charge is -2.35. The highest BCUT2D eigenvalue weighted by molar-refractivity contribution is 6.36. The Morgan fingerprint density at radius 1 is 1.29 bits per heavy atom. The predicted octanol–water partition coefficient (Wildman–Crippen LogP) is 3.55. The molecule has 6 nitrogen and oxygen atoms in total. The van der Waals surface area contributed by atoms with Gasteiger partial charge in [0.1, 0.15) is 6.04 Å². The van der Waals surface area contributed by atoms with Crippen LogP contribution in [0, 0.1) is 11.8 Å². The summed E-state index contributed by atoms with van der Waals surface area (Å²) in [4.78, 5) is 39.4. The first-order valence-corrected chi connectivity index (χ1v) is 10.2. The molecule has 154 valence electrons. The minimum absolute atomic E-state index is 0.134. The first-order valence-electron chi connectivity index (χ1n) is 9.45. The molecule has 2 atom stereocenters. The number of hydrogen-bond donors (Lipinski definition) is 1. The lowest BCUT2D eigenvalue weighted by atomic mass is 9.95. The van der Waals surface area contributed by atoms with Gasteiger partial charge in [0, 0.05) is 18.1 Å². The summed E-state index contributed by atoms with van der Waals surface area (Å²) in [5, 5.41) is 3.44. The fourth-order valence-corrected chi connectivity index (χ4v) is 3.73. The molecule has 0 aromatic heterocycles. The van der Waals surface area contributed by atoms with Gasteiger partial charge in [-0.3, -0.25) is 14.4 Å². The van der Waals surface area contributed by atoms with Crippen molar-refractivity contribution in [3.05, 3.63) is 33.8 Å². The van der Waals surface area contributed by atoms with Crippen LogP contribution in [0.25, 0.3) is 0 Å². The molecule has 2 amide bonds. The summed E-state index contributed by atoms with van der Waals surface area (Å²) in [7, 11) is 0. The van der Waals surface area contributed by atoms with Gasteiger partial charge in [-0.2, -0.15) is 0 Å². The third kappa shape index (κ3) is 5.61. The number of carbonyl (C=O) groups is 3. The highest BCUT2D eigenvalue weighted by atomic mass is 35.5. The van der Waals surface area contributed by atoms with Crippen LogP contribution in [-0.4, -0.2) is 48.4 Å². The molecule has 0 spiro atoms. The number of amides is 2. The number of halogens is 2. The van der Waals surface area contributed by atoms with Crippen LogP contribution in [0.4, 0.5) is 0 Å². The van der Waals surface area contributed by atoms with E-state index in [1.54, 1.807) is 17.9 Å². The maximum absolute atomic E-state index is 13.1. The number of ether oxygens (including phenoxy) is 1. The zero-order valence-electron chi connectivity index (χ0n) is 16.3. The normalized spacial score (nSPS) is 17.9. The Labute approximate surface area is 175 Å². The van der Waals surface area contributed by atoms with E-state index in [9.17, 15) is 14.4 Å². The van der Waals surface area contributed by atoms with Gasteiger partial charge >= 0.3 is 5.97 Å². The van der Waals surface area contributed by atoms with Crippen LogP contribution >= 0.6 is 23.2 Å². The van der Waals surface area contributed by atoms with Crippen LogP contribution in [-0.2, 0) is 14.3 Å². The van der Waals surface area contributed by atoms with Crippen molar-refractivity contribution in [1.29, 1.82) is 0 Å². The van der Waals surface area contributed by atoms with Gasteiger partial charge in [-0.15, -0.1) is 0 Å². The topological polar surface area (TPSA) is 75.7 Å². The molecule has 1 saturated heterocycles. The van der Waals surface area contributed by atoms with Gasteiger partial charge in [-0.25, -0.2) is 0 Å². The lowest BCUT2D eigenvalue weighted by Crippen LogP contribution is -2.54. The van der Waals surface area contributed by atoms with Gasteiger partial charge < -0.3 is 15.0 Å². The van der Waals surface area contributed by atoms with Crippen molar-refractivity contribution in [3.8, 4) is 0 Å². The van der Waals surface area contributed by atoms with E-state index >= 15 is 0 Å². The molecule has 0 saturated carbocycles. The Balaban J connectivity index is 2.11. The largest absolute Gasteiger partial charge is 0.466 e. The van der Waals surface area contributed by atoms with Gasteiger partial charge in [-0.1, -0.05) is 37.0 Å². The van der Waals surface area contributed by atoms with E-state index in [4.69, 9.17) is 27.9 Å². The number of esters is 1. The summed E-state index contributed by atoms with van der Waals surface area (Å²) in [6.45, 7) is 6.65. The van der Waals surface area contributed by atoms with E-state index in [1.165, 1.54) is 12.1 Å². The number of rotatable bonds is 6. The Morgan fingerprint density at radius 2 is 2.00 bits per heavy atom. The van der Waals surface area contributed by atoms with Crippen molar-refractivity contribution in [3.63, 3.8) is 0 Å². The van der Waals surface area contributed by atoms with E-state index in [0.717, 1.165) is 6.42 Å². The minimum atomic E-state index is -0.722. The highest BCUT2D eigenvalue weighted by Gasteiger charge is 2.34. The van der Waals surface area contributed by atoms with Crippen LogP contribution in [0.2, 0.25) is 10.0 Å². The summed E-state index contributed by atoms with van der Waals surface area (Å²) >= 11 is 12.0. The molecule has 1 aromatic rings. The maximum atomic E-state index is 13.1. The number of likely N-dealkylation sites (tertiary alicyclic amines) is 1. The summed E-state index contributed by atoms with van der Waals surface area (Å²) in [6.07, 6.45) is 1.42. The highest BCUT2D eigenvalue weighted by Crippen LogP contribution is 2.23. The average Bonchev–Trinajstić information content (AvgIpc) is 2.65. The molecule has 0 unspecified atom stereocenters. The van der Waals surface area contributed by atoms with Crippen molar-refractivity contribution in [2.45, 2.75) is 39.7 Å². The van der Waals surface area contributed by atoms with Crippen LogP contribution < -0.4 is 5.32 Å². The predicted molar refractivity (Wildman–Crippen MR) is 108 cm³/mol. The van der Waals surface area contributed by atoms with Crippen molar-refractivity contribution in [2.24, 2.45) is 11.8 Å². The number of benzene rings is 1. The van der Waals surface area contributed by atoms with Gasteiger partial charge in [-0.05, 0) is 43.9 Å². The van der Waals surface area contributed by atoms with E-state index in [1.807, 2.05) is 13.8 Å². The molecule has 0 radical (unpaired) electrons. The van der Waals surface area contributed by atoms with Crippen LogP contribution in [0.5, 0.6) is 0 Å². The van der Waals surface area contributed by atoms with Crippen molar-refractivity contribution >= 4 is 41.0 Å². The molecule has 2 rings (SSSR count). The summed E-state index contributed by atoms with van der Waals surface area (Å²) in [5.41, 5.74) is 0.257. The number of hydrogen-bond acceptors (Lipinski definition) is 4. The smallest absolute Gasteiger partial charge is 0.310 e. The molecule has 1 aromatic carbocycles. The minimum Gasteiger partial charge on any atom is -0.466 e. The third-order valence-electron chi connectivity index (χ3n) is 4.75. The van der Waals surface area contributed by atoms with Crippen LogP contribution in [0.1, 0.15) is 44.0 Å². The first kappa shape index (κ1) is 22.5. The second-order valence-corrected chi connectivity index (χ2v) is 8.04. The van der Waals surface area contributed by atoms with Crippen molar-refractivity contribution in [1.82, 2.24) is 10.2 Å². The van der Waals surface area contributed by atoms with Crippen LogP contribution in [0.3, 0.4) is 0 Å². The number of piperidine rings is 1. The molecule has 0 aliphatic carbocycles. The summed E-state index contributed by atoms with van der Waals surface area (Å²) in [5.74, 6) is -1.38. The summed E-state index contributed by atoms with van der Waals surface area (Å²) < 4.78 is 5.09.